The summed E-state index contributed by atoms with van der Waals surface area (Å²) in [6, 6.07) is 5.33. The average molecular weight is 471 g/mol. The van der Waals surface area contributed by atoms with Gasteiger partial charge in [-0.3, -0.25) is 14.6 Å². The molecule has 7 atom stereocenters. The van der Waals surface area contributed by atoms with Gasteiger partial charge in [-0.25, -0.2) is 0 Å². The summed E-state index contributed by atoms with van der Waals surface area (Å²) in [4.78, 5) is 32.3. The molecule has 188 valence electrons. The van der Waals surface area contributed by atoms with Gasteiger partial charge in [-0.2, -0.15) is 0 Å². The highest BCUT2D eigenvalue weighted by Crippen LogP contribution is 2.55. The third kappa shape index (κ3) is 5.30. The molecule has 1 aromatic rings. The first kappa shape index (κ1) is 25.1. The quantitative estimate of drug-likeness (QED) is 0.570. The molecular weight excluding hydrogens is 428 g/mol. The SMILES string of the molecule is C[C@@H]1[C@@H]2[C@@H](O)[C@H]([C@H](C)C(=O)NCCN3CCCC3)CC[C@]2(C)CC[C@@H]1NC(=O)c1ccccn1. The molecule has 0 aromatic carbocycles. The summed E-state index contributed by atoms with van der Waals surface area (Å²) in [7, 11) is 0. The molecule has 0 spiro atoms. The second-order valence-corrected chi connectivity index (χ2v) is 11.2. The van der Waals surface area contributed by atoms with Gasteiger partial charge in [-0.05, 0) is 86.9 Å². The van der Waals surface area contributed by atoms with Gasteiger partial charge >= 0.3 is 0 Å². The van der Waals surface area contributed by atoms with Crippen molar-refractivity contribution in [3.63, 3.8) is 0 Å². The fourth-order valence-corrected chi connectivity index (χ4v) is 6.94. The first-order valence-electron chi connectivity index (χ1n) is 13.2. The van der Waals surface area contributed by atoms with Gasteiger partial charge in [-0.1, -0.05) is 26.8 Å². The Morgan fingerprint density at radius 1 is 1.24 bits per heavy atom. The molecule has 2 heterocycles. The number of aliphatic hydroxyl groups is 1. The number of hydrogen-bond acceptors (Lipinski definition) is 5. The number of aromatic nitrogens is 1. The molecule has 1 saturated heterocycles. The van der Waals surface area contributed by atoms with Crippen LogP contribution in [0, 0.1) is 29.1 Å². The van der Waals surface area contributed by atoms with Crippen LogP contribution in [-0.4, -0.2) is 65.1 Å². The number of nitrogens with one attached hydrogen (secondary N) is 2. The molecule has 0 radical (unpaired) electrons. The molecular formula is C27H42N4O3. The Labute approximate surface area is 204 Å². The number of pyridine rings is 1. The standard InChI is InChI=1S/C27H42N4O3/c1-18(25(33)29-14-17-31-15-6-7-16-31)20-9-11-27(3)12-10-21(19(2)23(27)24(20)32)30-26(34)22-8-4-5-13-28-22/h4-5,8,13,18-21,23-24,32H,6-7,9-12,14-17H2,1-3H3,(H,29,33)(H,30,34)/t18-,19-,20-,21-,23+,24-,27+/m0/s1. The zero-order valence-corrected chi connectivity index (χ0v) is 21.0. The highest BCUT2D eigenvalue weighted by Gasteiger charge is 2.53. The number of likely N-dealkylation sites (tertiary alicyclic amines) is 1. The number of carbonyl (C=O) groups is 2. The van der Waals surface area contributed by atoms with Crippen LogP contribution in [-0.2, 0) is 4.79 Å². The van der Waals surface area contributed by atoms with Crippen LogP contribution in [0.4, 0.5) is 0 Å². The predicted octanol–water partition coefficient (Wildman–Crippen LogP) is 2.85. The maximum absolute atomic E-state index is 12.9. The summed E-state index contributed by atoms with van der Waals surface area (Å²) in [5, 5.41) is 17.9. The van der Waals surface area contributed by atoms with E-state index in [-0.39, 0.29) is 46.9 Å². The van der Waals surface area contributed by atoms with E-state index in [0.29, 0.717) is 12.2 Å². The van der Waals surface area contributed by atoms with Gasteiger partial charge in [0.2, 0.25) is 5.91 Å². The van der Waals surface area contributed by atoms with Crippen LogP contribution >= 0.6 is 0 Å². The smallest absolute Gasteiger partial charge is 0.270 e. The third-order valence-corrected chi connectivity index (χ3v) is 9.08. The summed E-state index contributed by atoms with van der Waals surface area (Å²) >= 11 is 0. The summed E-state index contributed by atoms with van der Waals surface area (Å²) in [6.07, 6.45) is 7.32. The maximum atomic E-state index is 12.9. The largest absolute Gasteiger partial charge is 0.392 e. The van der Waals surface area contributed by atoms with Crippen molar-refractivity contribution < 1.29 is 14.7 Å². The number of fused-ring (bicyclic) bond motifs is 1. The normalized spacial score (nSPS) is 34.8. The Bertz CT molecular complexity index is 844. The number of aliphatic hydroxyl groups excluding tert-OH is 1. The van der Waals surface area contributed by atoms with Crippen LogP contribution in [0.3, 0.4) is 0 Å². The van der Waals surface area contributed by atoms with Crippen LogP contribution in [0.25, 0.3) is 0 Å². The summed E-state index contributed by atoms with van der Waals surface area (Å²) in [5.74, 6) is -0.223. The molecule has 0 unspecified atom stereocenters. The second-order valence-electron chi connectivity index (χ2n) is 11.2. The molecule has 1 aromatic heterocycles. The van der Waals surface area contributed by atoms with Crippen LogP contribution in [0.1, 0.15) is 69.8 Å². The summed E-state index contributed by atoms with van der Waals surface area (Å²) < 4.78 is 0. The Morgan fingerprint density at radius 3 is 2.68 bits per heavy atom. The van der Waals surface area contributed by atoms with Gasteiger partial charge < -0.3 is 20.6 Å². The van der Waals surface area contributed by atoms with Crippen molar-refractivity contribution in [2.45, 2.75) is 71.4 Å². The predicted molar refractivity (Wildman–Crippen MR) is 132 cm³/mol. The lowest BCUT2D eigenvalue weighted by molar-refractivity contribution is -0.141. The van der Waals surface area contributed by atoms with Gasteiger partial charge in [0.15, 0.2) is 0 Å². The topological polar surface area (TPSA) is 94.6 Å². The minimum atomic E-state index is -0.553. The van der Waals surface area contributed by atoms with Crippen molar-refractivity contribution in [1.82, 2.24) is 20.5 Å². The maximum Gasteiger partial charge on any atom is 0.270 e. The minimum absolute atomic E-state index is 0.00873. The number of amides is 2. The Morgan fingerprint density at radius 2 is 1.97 bits per heavy atom. The molecule has 2 aliphatic carbocycles. The molecule has 2 saturated carbocycles. The van der Waals surface area contributed by atoms with Crippen molar-refractivity contribution in [2.75, 3.05) is 26.2 Å². The Kier molecular flexibility index (Phi) is 7.93. The van der Waals surface area contributed by atoms with Gasteiger partial charge in [0, 0.05) is 31.2 Å². The van der Waals surface area contributed by atoms with Gasteiger partial charge in [0.1, 0.15) is 5.69 Å². The highest BCUT2D eigenvalue weighted by atomic mass is 16.3. The van der Waals surface area contributed by atoms with E-state index in [4.69, 9.17) is 0 Å². The van der Waals surface area contributed by atoms with E-state index in [1.807, 2.05) is 13.0 Å². The molecule has 7 nitrogen and oxygen atoms in total. The summed E-state index contributed by atoms with van der Waals surface area (Å²) in [6.45, 7) is 10.2. The molecule has 7 heteroatoms. The van der Waals surface area contributed by atoms with E-state index in [9.17, 15) is 14.7 Å². The molecule has 1 aliphatic heterocycles. The van der Waals surface area contributed by atoms with E-state index < -0.39 is 6.10 Å². The zero-order chi connectivity index (χ0) is 24.3. The van der Waals surface area contributed by atoms with Crippen molar-refractivity contribution in [2.24, 2.45) is 29.1 Å². The number of nitrogens with zero attached hydrogens (tertiary/aromatic N) is 2. The third-order valence-electron chi connectivity index (χ3n) is 9.08. The van der Waals surface area contributed by atoms with Crippen LogP contribution in [0.5, 0.6) is 0 Å². The average Bonchev–Trinajstić information content (AvgIpc) is 3.35. The van der Waals surface area contributed by atoms with Crippen molar-refractivity contribution >= 4 is 11.8 Å². The molecule has 3 fully saturated rings. The summed E-state index contributed by atoms with van der Waals surface area (Å²) in [5.41, 5.74) is 0.456. The number of rotatable bonds is 7. The van der Waals surface area contributed by atoms with Crippen LogP contribution in [0.15, 0.2) is 24.4 Å². The fraction of sp³-hybridized carbons (Fsp3) is 0.741. The zero-order valence-electron chi connectivity index (χ0n) is 21.0. The lowest BCUT2D eigenvalue weighted by atomic mass is 9.51. The first-order chi connectivity index (χ1) is 16.3. The molecule has 4 rings (SSSR count). The molecule has 3 N–H and O–H groups in total. The second kappa shape index (κ2) is 10.7. The number of hydrogen-bond donors (Lipinski definition) is 3. The van der Waals surface area contributed by atoms with E-state index >= 15 is 0 Å². The van der Waals surface area contributed by atoms with E-state index in [1.165, 1.54) is 12.8 Å². The van der Waals surface area contributed by atoms with Crippen LogP contribution in [0.2, 0.25) is 0 Å². The van der Waals surface area contributed by atoms with Crippen molar-refractivity contribution in [1.29, 1.82) is 0 Å². The van der Waals surface area contributed by atoms with Crippen LogP contribution < -0.4 is 10.6 Å². The number of carbonyl (C=O) groups excluding carboxylic acids is 2. The van der Waals surface area contributed by atoms with Crippen molar-refractivity contribution in [3.8, 4) is 0 Å². The highest BCUT2D eigenvalue weighted by molar-refractivity contribution is 5.92. The fourth-order valence-electron chi connectivity index (χ4n) is 6.94. The molecule has 2 amide bonds. The van der Waals surface area contributed by atoms with E-state index in [0.717, 1.165) is 45.3 Å². The molecule has 3 aliphatic rings. The minimum Gasteiger partial charge on any atom is -0.392 e. The molecule has 0 bridgehead atoms. The van der Waals surface area contributed by atoms with E-state index in [1.54, 1.807) is 18.3 Å². The monoisotopic (exact) mass is 470 g/mol. The lowest BCUT2D eigenvalue weighted by Crippen LogP contribution is -2.58. The Hall–Kier alpha value is -1.99. The lowest BCUT2D eigenvalue weighted by Gasteiger charge is -2.56. The van der Waals surface area contributed by atoms with Gasteiger partial charge in [0.05, 0.1) is 6.10 Å². The van der Waals surface area contributed by atoms with Gasteiger partial charge in [0.25, 0.3) is 5.91 Å². The van der Waals surface area contributed by atoms with Gasteiger partial charge in [-0.15, -0.1) is 0 Å². The molecule has 34 heavy (non-hydrogen) atoms. The van der Waals surface area contributed by atoms with Crippen molar-refractivity contribution in [3.05, 3.63) is 30.1 Å². The Balaban J connectivity index is 1.37. The first-order valence-corrected chi connectivity index (χ1v) is 13.2. The van der Waals surface area contributed by atoms with E-state index in [2.05, 4.69) is 34.4 Å².